The lowest BCUT2D eigenvalue weighted by Crippen LogP contribution is -2.41. The maximum atomic E-state index is 13.5. The third kappa shape index (κ3) is 4.28. The van der Waals surface area contributed by atoms with E-state index >= 15 is 0 Å². The van der Waals surface area contributed by atoms with E-state index in [0.29, 0.717) is 12.6 Å². The molecule has 1 unspecified atom stereocenters. The minimum absolute atomic E-state index is 0.171. The Morgan fingerprint density at radius 3 is 2.95 bits per heavy atom. The highest BCUT2D eigenvalue weighted by Crippen LogP contribution is 2.12. The van der Waals surface area contributed by atoms with Crippen LogP contribution in [-0.4, -0.2) is 43.0 Å². The van der Waals surface area contributed by atoms with Gasteiger partial charge in [0.25, 0.3) is 0 Å². The summed E-state index contributed by atoms with van der Waals surface area (Å²) in [6.45, 7) is 5.06. The molecule has 0 aromatic heterocycles. The largest absolute Gasteiger partial charge is 0.322 e. The summed E-state index contributed by atoms with van der Waals surface area (Å²) in [7, 11) is 0. The zero-order valence-electron chi connectivity index (χ0n) is 11.9. The van der Waals surface area contributed by atoms with Gasteiger partial charge in [-0.3, -0.25) is 9.69 Å². The van der Waals surface area contributed by atoms with Crippen LogP contribution in [-0.2, 0) is 4.79 Å². The SMILES string of the molecule is CCN(CC(=O)Nc1ccccc1F)CC1CCCN1. The molecule has 0 radical (unpaired) electrons. The Kier molecular flexibility index (Phi) is 5.49. The van der Waals surface area contributed by atoms with Crippen LogP contribution in [0.25, 0.3) is 0 Å². The molecule has 1 amide bonds. The number of amides is 1. The van der Waals surface area contributed by atoms with Crippen LogP contribution in [0.3, 0.4) is 0 Å². The van der Waals surface area contributed by atoms with Gasteiger partial charge in [0, 0.05) is 12.6 Å². The molecule has 1 heterocycles. The fourth-order valence-electron chi connectivity index (χ4n) is 2.49. The highest BCUT2D eigenvalue weighted by atomic mass is 19.1. The molecule has 5 heteroatoms. The summed E-state index contributed by atoms with van der Waals surface area (Å²) in [5, 5.41) is 6.04. The van der Waals surface area contributed by atoms with Crippen molar-refractivity contribution in [1.82, 2.24) is 10.2 Å². The molecular formula is C15H22FN3O. The number of carbonyl (C=O) groups excluding carboxylic acids is 1. The summed E-state index contributed by atoms with van der Waals surface area (Å²) in [6.07, 6.45) is 2.36. The van der Waals surface area contributed by atoms with Crippen LogP contribution in [0.15, 0.2) is 24.3 Å². The first kappa shape index (κ1) is 14.9. The lowest BCUT2D eigenvalue weighted by molar-refractivity contribution is -0.117. The van der Waals surface area contributed by atoms with Gasteiger partial charge in [-0.25, -0.2) is 4.39 Å². The van der Waals surface area contributed by atoms with Crippen molar-refractivity contribution in [2.75, 3.05) is 31.5 Å². The molecule has 1 atom stereocenters. The van der Waals surface area contributed by atoms with E-state index in [1.165, 1.54) is 12.5 Å². The van der Waals surface area contributed by atoms with Gasteiger partial charge in [-0.15, -0.1) is 0 Å². The van der Waals surface area contributed by atoms with E-state index in [2.05, 4.69) is 15.5 Å². The van der Waals surface area contributed by atoms with Crippen molar-refractivity contribution in [2.24, 2.45) is 0 Å². The van der Waals surface area contributed by atoms with Crippen molar-refractivity contribution in [1.29, 1.82) is 0 Å². The molecular weight excluding hydrogens is 257 g/mol. The van der Waals surface area contributed by atoms with Crippen LogP contribution in [0.5, 0.6) is 0 Å². The van der Waals surface area contributed by atoms with E-state index in [-0.39, 0.29) is 11.6 Å². The molecule has 0 aliphatic carbocycles. The summed E-state index contributed by atoms with van der Waals surface area (Å²) in [6, 6.07) is 6.70. The molecule has 0 saturated carbocycles. The number of hydrogen-bond acceptors (Lipinski definition) is 3. The molecule has 0 spiro atoms. The second kappa shape index (κ2) is 7.36. The van der Waals surface area contributed by atoms with Crippen LogP contribution in [0.4, 0.5) is 10.1 Å². The number of carbonyl (C=O) groups is 1. The van der Waals surface area contributed by atoms with Gasteiger partial charge >= 0.3 is 0 Å². The number of nitrogens with one attached hydrogen (secondary N) is 2. The summed E-state index contributed by atoms with van der Waals surface area (Å²) in [5.41, 5.74) is 0.243. The Hall–Kier alpha value is -1.46. The molecule has 1 aromatic carbocycles. The van der Waals surface area contributed by atoms with Crippen LogP contribution in [0.1, 0.15) is 19.8 Å². The average Bonchev–Trinajstić information content (AvgIpc) is 2.93. The Balaban J connectivity index is 1.84. The molecule has 20 heavy (non-hydrogen) atoms. The predicted molar refractivity (Wildman–Crippen MR) is 78.2 cm³/mol. The molecule has 110 valence electrons. The number of halogens is 1. The first-order chi connectivity index (χ1) is 9.69. The highest BCUT2D eigenvalue weighted by molar-refractivity contribution is 5.92. The summed E-state index contributed by atoms with van der Waals surface area (Å²) in [5.74, 6) is -0.573. The number of anilines is 1. The number of benzene rings is 1. The second-order valence-electron chi connectivity index (χ2n) is 5.15. The topological polar surface area (TPSA) is 44.4 Å². The van der Waals surface area contributed by atoms with Crippen LogP contribution in [0, 0.1) is 5.82 Å². The van der Waals surface area contributed by atoms with Crippen molar-refractivity contribution in [3.8, 4) is 0 Å². The Labute approximate surface area is 119 Å². The van der Waals surface area contributed by atoms with E-state index in [1.54, 1.807) is 18.2 Å². The number of nitrogens with zero attached hydrogens (tertiary/aromatic N) is 1. The molecule has 1 aliphatic heterocycles. The van der Waals surface area contributed by atoms with Crippen molar-refractivity contribution in [3.63, 3.8) is 0 Å². The van der Waals surface area contributed by atoms with Gasteiger partial charge in [-0.1, -0.05) is 19.1 Å². The van der Waals surface area contributed by atoms with Gasteiger partial charge < -0.3 is 10.6 Å². The van der Waals surface area contributed by atoms with Crippen molar-refractivity contribution in [2.45, 2.75) is 25.8 Å². The van der Waals surface area contributed by atoms with Gasteiger partial charge in [0.1, 0.15) is 5.82 Å². The fraction of sp³-hybridized carbons (Fsp3) is 0.533. The average molecular weight is 279 g/mol. The smallest absolute Gasteiger partial charge is 0.238 e. The van der Waals surface area contributed by atoms with Gasteiger partial charge in [-0.05, 0) is 38.1 Å². The summed E-state index contributed by atoms with van der Waals surface area (Å²) in [4.78, 5) is 14.1. The number of rotatable bonds is 6. The maximum Gasteiger partial charge on any atom is 0.238 e. The minimum Gasteiger partial charge on any atom is -0.322 e. The standard InChI is InChI=1S/C15H22FN3O/c1-2-19(10-12-6-5-9-17-12)11-15(20)18-14-8-4-3-7-13(14)16/h3-4,7-8,12,17H,2,5-6,9-11H2,1H3,(H,18,20). The van der Waals surface area contributed by atoms with E-state index in [4.69, 9.17) is 0 Å². The summed E-state index contributed by atoms with van der Waals surface area (Å²) >= 11 is 0. The first-order valence-electron chi connectivity index (χ1n) is 7.19. The maximum absolute atomic E-state index is 13.5. The molecule has 2 rings (SSSR count). The third-order valence-corrected chi connectivity index (χ3v) is 3.60. The fourth-order valence-corrected chi connectivity index (χ4v) is 2.49. The molecule has 0 bridgehead atoms. The molecule has 4 nitrogen and oxygen atoms in total. The molecule has 1 aromatic rings. The molecule has 1 saturated heterocycles. The molecule has 1 fully saturated rings. The highest BCUT2D eigenvalue weighted by Gasteiger charge is 2.18. The first-order valence-corrected chi connectivity index (χ1v) is 7.19. The van der Waals surface area contributed by atoms with Gasteiger partial charge in [0.05, 0.1) is 12.2 Å². The van der Waals surface area contributed by atoms with Crippen LogP contribution < -0.4 is 10.6 Å². The quantitative estimate of drug-likeness (QED) is 0.835. The number of para-hydroxylation sites is 1. The zero-order valence-corrected chi connectivity index (χ0v) is 11.9. The lowest BCUT2D eigenvalue weighted by Gasteiger charge is -2.23. The van der Waals surface area contributed by atoms with Gasteiger partial charge in [0.15, 0.2) is 0 Å². The monoisotopic (exact) mass is 279 g/mol. The van der Waals surface area contributed by atoms with Crippen molar-refractivity contribution < 1.29 is 9.18 Å². The number of likely N-dealkylation sites (N-methyl/N-ethyl adjacent to an activating group) is 1. The molecule has 2 N–H and O–H groups in total. The van der Waals surface area contributed by atoms with E-state index < -0.39 is 5.82 Å². The Morgan fingerprint density at radius 1 is 1.50 bits per heavy atom. The normalized spacial score (nSPS) is 18.4. The van der Waals surface area contributed by atoms with Crippen LogP contribution >= 0.6 is 0 Å². The number of hydrogen-bond donors (Lipinski definition) is 2. The van der Waals surface area contributed by atoms with E-state index in [0.717, 1.165) is 26.1 Å². The Bertz CT molecular complexity index is 446. The van der Waals surface area contributed by atoms with Gasteiger partial charge in [-0.2, -0.15) is 0 Å². The van der Waals surface area contributed by atoms with Crippen LogP contribution in [0.2, 0.25) is 0 Å². The van der Waals surface area contributed by atoms with Gasteiger partial charge in [0.2, 0.25) is 5.91 Å². The van der Waals surface area contributed by atoms with Crippen molar-refractivity contribution >= 4 is 11.6 Å². The third-order valence-electron chi connectivity index (χ3n) is 3.60. The zero-order chi connectivity index (χ0) is 14.4. The minimum atomic E-state index is -0.402. The Morgan fingerprint density at radius 2 is 2.30 bits per heavy atom. The van der Waals surface area contributed by atoms with E-state index in [1.807, 2.05) is 6.92 Å². The lowest BCUT2D eigenvalue weighted by atomic mass is 10.2. The second-order valence-corrected chi connectivity index (χ2v) is 5.15. The predicted octanol–water partition coefficient (Wildman–Crippen LogP) is 1.84. The van der Waals surface area contributed by atoms with Crippen molar-refractivity contribution in [3.05, 3.63) is 30.1 Å². The summed E-state index contributed by atoms with van der Waals surface area (Å²) < 4.78 is 13.5. The van der Waals surface area contributed by atoms with E-state index in [9.17, 15) is 9.18 Å². The molecule has 1 aliphatic rings.